The minimum atomic E-state index is -2.17. The first-order valence-electron chi connectivity index (χ1n) is 33.9. The summed E-state index contributed by atoms with van der Waals surface area (Å²) < 4.78 is 84.6. The summed E-state index contributed by atoms with van der Waals surface area (Å²) >= 11 is 0. The van der Waals surface area contributed by atoms with E-state index in [1.54, 1.807) is 6.92 Å². The molecule has 11 rings (SSSR count). The maximum absolute atomic E-state index is 15.5. The molecule has 0 aromatic heterocycles. The summed E-state index contributed by atoms with van der Waals surface area (Å²) in [7, 11) is 0. The standard InChI is InChI=1S/C62H100O38/c1-20-11-61-9-5-28-59(2,7-4-8-60(28,3)58(86)99-56-49(97-53-44(83)39(78)32(71)23(14-65)90-53)47(35(74)25(16-67)92-56)95-52-43(82)38(77)31(70)22(13-64)89-52)29(61)6-10-62(20,19-61)100-57-50(98-54-45(84)40(79)33(72)24(15-66)91-54)48(36(75)26(17-68)93-57)96-55-46(85)41(80)34(73)27(94-55)18-87-51-42(81)37(76)30(69)21(12-63)88-51/h21-57,63-85H,1,4-19H2,2-3H3/t21?,22?,23?,24?,25?,26?,27?,28?,29-,30?,31?,32?,33?,34?,35?,36?,37?,38?,39?,40?,41?,42?,43?,44?,45?,46?,47?,48?,49?,50?,51?,52?,53?,54?,55?,56?,57?,59+,60+,61+,62-/m0/s1. The predicted octanol–water partition coefficient (Wildman–Crippen LogP) is -11.6. The molecule has 0 aromatic rings. The first-order chi connectivity index (χ1) is 47.3. The number of hydrogen-bond donors (Lipinski definition) is 23. The number of ether oxygens (including phenoxy) is 14. The summed E-state index contributed by atoms with van der Waals surface area (Å²) in [6, 6.07) is 0. The molecule has 100 heavy (non-hydrogen) atoms. The summed E-state index contributed by atoms with van der Waals surface area (Å²) in [5, 5.41) is 249. The first-order valence-corrected chi connectivity index (χ1v) is 33.9. The van der Waals surface area contributed by atoms with Crippen molar-refractivity contribution < 1.29 is 189 Å². The van der Waals surface area contributed by atoms with E-state index in [-0.39, 0.29) is 25.2 Å². The number of hydrogen-bond acceptors (Lipinski definition) is 38. The fourth-order valence-electron chi connectivity index (χ4n) is 17.8. The van der Waals surface area contributed by atoms with Crippen LogP contribution in [0, 0.1) is 28.1 Å². The van der Waals surface area contributed by atoms with E-state index in [1.807, 2.05) is 0 Å². The highest BCUT2D eigenvalue weighted by atomic mass is 16.8. The lowest BCUT2D eigenvalue weighted by Crippen LogP contribution is -2.68. The van der Waals surface area contributed by atoms with Gasteiger partial charge in [-0.25, -0.2) is 0 Å². The van der Waals surface area contributed by atoms with Crippen LogP contribution >= 0.6 is 0 Å². The van der Waals surface area contributed by atoms with Crippen LogP contribution in [0.25, 0.3) is 0 Å². The zero-order valence-corrected chi connectivity index (χ0v) is 54.8. The van der Waals surface area contributed by atoms with Crippen LogP contribution in [0.4, 0.5) is 0 Å². The van der Waals surface area contributed by atoms with Gasteiger partial charge in [0, 0.05) is 0 Å². The molecule has 7 aliphatic heterocycles. The van der Waals surface area contributed by atoms with Gasteiger partial charge in [-0.15, -0.1) is 0 Å². The summed E-state index contributed by atoms with van der Waals surface area (Å²) in [4.78, 5) is 15.5. The number of fused-ring (bicyclic) bond motifs is 3. The van der Waals surface area contributed by atoms with E-state index in [0.29, 0.717) is 44.1 Å². The van der Waals surface area contributed by atoms with Gasteiger partial charge in [-0.2, -0.15) is 0 Å². The molecule has 23 N–H and O–H groups in total. The molecule has 7 heterocycles. The Morgan fingerprint density at radius 2 is 0.750 bits per heavy atom. The van der Waals surface area contributed by atoms with Gasteiger partial charge >= 0.3 is 5.97 Å². The maximum atomic E-state index is 15.5. The molecule has 576 valence electrons. The minimum Gasteiger partial charge on any atom is -0.432 e. The first kappa shape index (κ1) is 78.8. The van der Waals surface area contributed by atoms with Gasteiger partial charge in [0.25, 0.3) is 0 Å². The van der Waals surface area contributed by atoms with Crippen molar-refractivity contribution in [2.24, 2.45) is 28.1 Å². The van der Waals surface area contributed by atoms with Gasteiger partial charge in [0.05, 0.1) is 57.3 Å². The Hall–Kier alpha value is -2.23. The average Bonchev–Trinajstić information content (AvgIpc) is 1.44. The Morgan fingerprint density at radius 3 is 1.19 bits per heavy atom. The molecule has 2 bridgehead atoms. The van der Waals surface area contributed by atoms with Gasteiger partial charge < -0.3 is 184 Å². The fraction of sp³-hybridized carbons (Fsp3) is 0.952. The Labute approximate surface area is 571 Å². The van der Waals surface area contributed by atoms with Gasteiger partial charge in [0.15, 0.2) is 43.8 Å². The third kappa shape index (κ3) is 14.1. The third-order valence-corrected chi connectivity index (χ3v) is 23.4. The summed E-state index contributed by atoms with van der Waals surface area (Å²) in [5.74, 6) is -1.56. The van der Waals surface area contributed by atoms with E-state index in [9.17, 15) is 117 Å². The zero-order chi connectivity index (χ0) is 72.7. The van der Waals surface area contributed by atoms with Gasteiger partial charge in [-0.1, -0.05) is 19.9 Å². The summed E-state index contributed by atoms with van der Waals surface area (Å²) in [6.07, 6.45) is -63.1. The molecule has 0 radical (unpaired) electrons. The van der Waals surface area contributed by atoms with Gasteiger partial charge in [0.1, 0.15) is 165 Å². The monoisotopic (exact) mass is 1450 g/mol. The highest BCUT2D eigenvalue weighted by Gasteiger charge is 2.70. The molecular formula is C62H100O38. The predicted molar refractivity (Wildman–Crippen MR) is 317 cm³/mol. The third-order valence-electron chi connectivity index (χ3n) is 23.4. The minimum absolute atomic E-state index is 0.185. The SMILES string of the molecule is C=C1C[C@@]23CCC4[C@](C)(C(=O)OC5OC(CO)C(O)C(OC6OC(CO)C(O)C(O)C6O)C5OC5OC(CO)C(O)C(O)C5O)CCC[C@@]4(C)[C@@H]2CC[C@]1(OC1OC(CO)C(O)C(OC2OC(COC4OC(CO)C(O)C(O)C4O)C(O)C(O)C2O)C1OC1OC(CO)C(O)C(O)C1O)C3. The van der Waals surface area contributed by atoms with E-state index in [0.717, 1.165) is 0 Å². The number of carbonyl (C=O) groups excluding carboxylic acids is 1. The number of carbonyl (C=O) groups is 1. The highest BCUT2D eigenvalue weighted by molar-refractivity contribution is 5.77. The second-order valence-electron chi connectivity index (χ2n) is 29.3. The second kappa shape index (κ2) is 31.2. The molecule has 38 nitrogen and oxygen atoms in total. The molecule has 11 aliphatic rings. The fourth-order valence-corrected chi connectivity index (χ4v) is 17.8. The largest absolute Gasteiger partial charge is 0.432 e. The Kier molecular flexibility index (Phi) is 24.6. The van der Waals surface area contributed by atoms with Gasteiger partial charge in [0.2, 0.25) is 6.29 Å². The quantitative estimate of drug-likeness (QED) is 0.0288. The molecule has 36 unspecified atom stereocenters. The van der Waals surface area contributed by atoms with Gasteiger partial charge in [-0.05, 0) is 86.5 Å². The molecule has 0 amide bonds. The Bertz CT molecular complexity index is 2720. The molecule has 1 spiro atoms. The van der Waals surface area contributed by atoms with Crippen molar-refractivity contribution in [3.63, 3.8) is 0 Å². The summed E-state index contributed by atoms with van der Waals surface area (Å²) in [6.45, 7) is 2.06. The van der Waals surface area contributed by atoms with Crippen molar-refractivity contribution in [3.05, 3.63) is 12.2 Å². The number of aliphatic hydroxyl groups is 23. The van der Waals surface area contributed by atoms with E-state index < -0.39 is 295 Å². The number of aliphatic hydroxyl groups excluding tert-OH is 23. The zero-order valence-electron chi connectivity index (χ0n) is 54.8. The smallest absolute Gasteiger partial charge is 0.314 e. The lowest BCUT2D eigenvalue weighted by Gasteiger charge is -2.64. The molecule has 41 atom stereocenters. The van der Waals surface area contributed by atoms with Crippen molar-refractivity contribution in [2.45, 2.75) is 292 Å². The van der Waals surface area contributed by atoms with Crippen LogP contribution in [-0.2, 0) is 71.1 Å². The van der Waals surface area contributed by atoms with Crippen LogP contribution in [0.1, 0.15) is 71.6 Å². The maximum Gasteiger partial charge on any atom is 0.314 e. The van der Waals surface area contributed by atoms with Crippen LogP contribution in [0.15, 0.2) is 12.2 Å². The molecule has 4 aliphatic carbocycles. The Balaban J connectivity index is 0.853. The average molecular weight is 1450 g/mol. The van der Waals surface area contributed by atoms with Crippen molar-refractivity contribution >= 4 is 5.97 Å². The van der Waals surface area contributed by atoms with E-state index >= 15 is 4.79 Å². The van der Waals surface area contributed by atoms with Crippen molar-refractivity contribution in [3.8, 4) is 0 Å². The Morgan fingerprint density at radius 1 is 0.400 bits per heavy atom. The van der Waals surface area contributed by atoms with Crippen molar-refractivity contribution in [2.75, 3.05) is 46.2 Å². The van der Waals surface area contributed by atoms with Crippen LogP contribution in [0.2, 0.25) is 0 Å². The molecular weight excluding hydrogens is 1350 g/mol. The molecule has 7 saturated heterocycles. The lowest BCUT2D eigenvalue weighted by molar-refractivity contribution is -0.401. The molecule has 11 fully saturated rings. The number of esters is 1. The van der Waals surface area contributed by atoms with E-state index in [2.05, 4.69) is 13.5 Å². The van der Waals surface area contributed by atoms with Crippen LogP contribution in [0.5, 0.6) is 0 Å². The lowest BCUT2D eigenvalue weighted by atomic mass is 9.41. The second-order valence-corrected chi connectivity index (χ2v) is 29.3. The van der Waals surface area contributed by atoms with Crippen LogP contribution in [-0.4, -0.2) is 390 Å². The van der Waals surface area contributed by atoms with Crippen molar-refractivity contribution in [1.82, 2.24) is 0 Å². The van der Waals surface area contributed by atoms with Gasteiger partial charge in [-0.3, -0.25) is 4.79 Å². The summed E-state index contributed by atoms with van der Waals surface area (Å²) in [5.41, 5.74) is -3.52. The van der Waals surface area contributed by atoms with Crippen LogP contribution < -0.4 is 0 Å². The van der Waals surface area contributed by atoms with E-state index in [4.69, 9.17) is 66.3 Å². The van der Waals surface area contributed by atoms with Crippen LogP contribution in [0.3, 0.4) is 0 Å². The molecule has 38 heteroatoms. The highest BCUT2D eigenvalue weighted by Crippen LogP contribution is 2.74. The topological polar surface area (TPSA) is 612 Å². The molecule has 4 saturated carbocycles. The normalized spacial score (nSPS) is 54.5. The number of rotatable bonds is 21. The molecule has 0 aromatic carbocycles. The van der Waals surface area contributed by atoms with E-state index in [1.165, 1.54) is 0 Å². The van der Waals surface area contributed by atoms with Crippen molar-refractivity contribution in [1.29, 1.82) is 0 Å².